The number of hydrogen-bond donors (Lipinski definition) is 0. The van der Waals surface area contributed by atoms with E-state index in [0.29, 0.717) is 0 Å². The van der Waals surface area contributed by atoms with Crippen molar-refractivity contribution in [2.24, 2.45) is 5.92 Å². The van der Waals surface area contributed by atoms with Crippen LogP contribution in [-0.4, -0.2) is 11.9 Å². The zero-order valence-electron chi connectivity index (χ0n) is 15.2. The van der Waals surface area contributed by atoms with Crippen molar-refractivity contribution in [1.29, 1.82) is 0 Å². The molecule has 26 heavy (non-hydrogen) atoms. The van der Waals surface area contributed by atoms with Crippen molar-refractivity contribution in [3.05, 3.63) is 76.4 Å². The van der Waals surface area contributed by atoms with Crippen molar-refractivity contribution in [2.75, 3.05) is 0 Å². The number of allylic oxidation sites excluding steroid dienone is 1. The summed E-state index contributed by atoms with van der Waals surface area (Å²) in [6, 6.07) is 16.3. The van der Waals surface area contributed by atoms with Gasteiger partial charge in [-0.2, -0.15) is 0 Å². The number of carbonyl (C=O) groups excluding carboxylic acids is 1. The molecule has 3 aliphatic rings. The highest BCUT2D eigenvalue weighted by atomic mass is 16.5. The lowest BCUT2D eigenvalue weighted by Crippen LogP contribution is -2.41. The molecule has 2 bridgehead atoms. The van der Waals surface area contributed by atoms with Crippen LogP contribution in [0.2, 0.25) is 0 Å². The van der Waals surface area contributed by atoms with E-state index in [2.05, 4.69) is 25.1 Å². The van der Waals surface area contributed by atoms with E-state index in [1.54, 1.807) is 0 Å². The summed E-state index contributed by atoms with van der Waals surface area (Å²) in [6.45, 7) is 2.12. The minimum absolute atomic E-state index is 0.0200. The van der Waals surface area contributed by atoms with Gasteiger partial charge in [0.2, 0.25) is 0 Å². The first-order valence-corrected chi connectivity index (χ1v) is 9.80. The van der Waals surface area contributed by atoms with Crippen molar-refractivity contribution in [1.82, 2.24) is 0 Å². The first kappa shape index (κ1) is 15.9. The van der Waals surface area contributed by atoms with E-state index in [4.69, 9.17) is 4.74 Å². The van der Waals surface area contributed by atoms with E-state index < -0.39 is 0 Å². The predicted octanol–water partition coefficient (Wildman–Crippen LogP) is 5.61. The average Bonchev–Trinajstić information content (AvgIpc) is 2.69. The van der Waals surface area contributed by atoms with Gasteiger partial charge >= 0.3 is 0 Å². The Balaban J connectivity index is 1.66. The zero-order chi connectivity index (χ0) is 17.7. The van der Waals surface area contributed by atoms with Gasteiger partial charge in [0.05, 0.1) is 5.92 Å². The van der Waals surface area contributed by atoms with Gasteiger partial charge in [0, 0.05) is 11.5 Å². The standard InChI is InChI=1S/C24H24O2/c1-15-11-12-21-19(13-15)20-14-22(26-21)17-9-5-6-10-18(17)23(20)24(25)16-7-3-2-4-8-16/h2-4,7-8,11-13,20,22-23H,5-6,9-10,14H2,1H3. The average molecular weight is 344 g/mol. The number of rotatable bonds is 2. The van der Waals surface area contributed by atoms with Gasteiger partial charge in [-0.1, -0.05) is 53.6 Å². The van der Waals surface area contributed by atoms with E-state index in [1.165, 1.54) is 35.1 Å². The number of hydrogen-bond acceptors (Lipinski definition) is 2. The summed E-state index contributed by atoms with van der Waals surface area (Å²) in [5.41, 5.74) is 6.12. The third-order valence-corrected chi connectivity index (χ3v) is 6.36. The summed E-state index contributed by atoms with van der Waals surface area (Å²) in [4.78, 5) is 13.6. The second kappa shape index (κ2) is 6.12. The molecule has 0 amide bonds. The molecular formula is C24H24O2. The largest absolute Gasteiger partial charge is 0.486 e. The maximum Gasteiger partial charge on any atom is 0.170 e. The van der Waals surface area contributed by atoms with Crippen LogP contribution in [0.25, 0.3) is 0 Å². The molecule has 0 radical (unpaired) electrons. The topological polar surface area (TPSA) is 26.3 Å². The van der Waals surface area contributed by atoms with Crippen LogP contribution in [0.5, 0.6) is 5.75 Å². The van der Waals surface area contributed by atoms with Crippen molar-refractivity contribution < 1.29 is 9.53 Å². The molecule has 132 valence electrons. The number of fused-ring (bicyclic) bond motifs is 5. The molecule has 1 heterocycles. The molecule has 0 saturated heterocycles. The summed E-state index contributed by atoms with van der Waals surface area (Å²) in [6.07, 6.45) is 5.67. The Morgan fingerprint density at radius 1 is 1.00 bits per heavy atom. The van der Waals surface area contributed by atoms with Crippen LogP contribution in [0, 0.1) is 12.8 Å². The van der Waals surface area contributed by atoms with Gasteiger partial charge in [-0.15, -0.1) is 0 Å². The molecule has 5 rings (SSSR count). The van der Waals surface area contributed by atoms with Gasteiger partial charge in [0.15, 0.2) is 5.78 Å². The molecule has 0 saturated carbocycles. The van der Waals surface area contributed by atoms with Gasteiger partial charge in [-0.3, -0.25) is 4.79 Å². The van der Waals surface area contributed by atoms with Gasteiger partial charge in [-0.25, -0.2) is 0 Å². The minimum atomic E-state index is -0.0200. The normalized spacial score (nSPS) is 26.6. The maximum atomic E-state index is 13.6. The van der Waals surface area contributed by atoms with Crippen LogP contribution in [0.3, 0.4) is 0 Å². The smallest absolute Gasteiger partial charge is 0.170 e. The monoisotopic (exact) mass is 344 g/mol. The van der Waals surface area contributed by atoms with E-state index >= 15 is 0 Å². The fourth-order valence-electron chi connectivity index (χ4n) is 5.19. The molecule has 0 fully saturated rings. The lowest BCUT2D eigenvalue weighted by molar-refractivity contribution is 0.0853. The fourth-order valence-corrected chi connectivity index (χ4v) is 5.19. The molecule has 2 nitrogen and oxygen atoms in total. The molecule has 2 heteroatoms. The third kappa shape index (κ3) is 2.43. The Hall–Kier alpha value is -2.35. The highest BCUT2D eigenvalue weighted by Gasteiger charge is 2.46. The van der Waals surface area contributed by atoms with E-state index in [0.717, 1.165) is 30.6 Å². The highest BCUT2D eigenvalue weighted by molar-refractivity contribution is 6.00. The van der Waals surface area contributed by atoms with Gasteiger partial charge in [-0.05, 0) is 56.2 Å². The second-order valence-corrected chi connectivity index (χ2v) is 7.96. The predicted molar refractivity (Wildman–Crippen MR) is 103 cm³/mol. The molecule has 2 aromatic rings. The van der Waals surface area contributed by atoms with Crippen LogP contribution in [-0.2, 0) is 0 Å². The quantitative estimate of drug-likeness (QED) is 0.522. The van der Waals surface area contributed by atoms with Crippen LogP contribution < -0.4 is 4.74 Å². The Kier molecular flexibility index (Phi) is 3.74. The molecule has 3 atom stereocenters. The van der Waals surface area contributed by atoms with Crippen LogP contribution in [0.1, 0.15) is 59.5 Å². The molecule has 0 aromatic heterocycles. The first-order chi connectivity index (χ1) is 12.7. The van der Waals surface area contributed by atoms with Gasteiger partial charge < -0.3 is 4.74 Å². The van der Waals surface area contributed by atoms with Crippen LogP contribution in [0.4, 0.5) is 0 Å². The number of aryl methyl sites for hydroxylation is 1. The number of carbonyl (C=O) groups is 1. The Morgan fingerprint density at radius 2 is 1.77 bits per heavy atom. The van der Waals surface area contributed by atoms with Crippen LogP contribution in [0.15, 0.2) is 59.7 Å². The van der Waals surface area contributed by atoms with E-state index in [9.17, 15) is 4.79 Å². The summed E-state index contributed by atoms with van der Waals surface area (Å²) in [5, 5.41) is 0. The van der Waals surface area contributed by atoms with Crippen molar-refractivity contribution in [2.45, 2.75) is 51.0 Å². The second-order valence-electron chi connectivity index (χ2n) is 7.96. The number of benzene rings is 2. The summed E-state index contributed by atoms with van der Waals surface area (Å²) >= 11 is 0. The number of ketones is 1. The molecule has 1 aliphatic heterocycles. The molecule has 0 N–H and O–H groups in total. The van der Waals surface area contributed by atoms with E-state index in [1.807, 2.05) is 30.3 Å². The van der Waals surface area contributed by atoms with Crippen molar-refractivity contribution in [3.63, 3.8) is 0 Å². The molecular weight excluding hydrogens is 320 g/mol. The summed E-state index contributed by atoms with van der Waals surface area (Å²) in [5.74, 6) is 1.50. The van der Waals surface area contributed by atoms with Gasteiger partial charge in [0.25, 0.3) is 0 Å². The SMILES string of the molecule is Cc1ccc2c(c1)C1CC(O2)C2=C(CCCC2)C1C(=O)c1ccccc1. The minimum Gasteiger partial charge on any atom is -0.486 e. The van der Waals surface area contributed by atoms with Crippen molar-refractivity contribution in [3.8, 4) is 5.75 Å². The Bertz CT molecular complexity index is 894. The molecule has 0 spiro atoms. The Morgan fingerprint density at radius 3 is 2.58 bits per heavy atom. The zero-order valence-corrected chi connectivity index (χ0v) is 15.2. The van der Waals surface area contributed by atoms with Crippen molar-refractivity contribution >= 4 is 5.78 Å². The summed E-state index contributed by atoms with van der Waals surface area (Å²) in [7, 11) is 0. The Labute approximate surface area is 154 Å². The third-order valence-electron chi connectivity index (χ3n) is 6.36. The maximum absolute atomic E-state index is 13.6. The molecule has 3 unspecified atom stereocenters. The lowest BCUT2D eigenvalue weighted by Gasteiger charge is -2.45. The number of Topliss-reactive ketones (excluding diaryl/α,β-unsaturated/α-hetero) is 1. The molecule has 2 aromatic carbocycles. The highest BCUT2D eigenvalue weighted by Crippen LogP contribution is 2.53. The van der Waals surface area contributed by atoms with Crippen LogP contribution >= 0.6 is 0 Å². The summed E-state index contributed by atoms with van der Waals surface area (Å²) < 4.78 is 6.39. The van der Waals surface area contributed by atoms with E-state index in [-0.39, 0.29) is 23.7 Å². The fraction of sp³-hybridized carbons (Fsp3) is 0.375. The number of ether oxygens (including phenoxy) is 1. The first-order valence-electron chi connectivity index (χ1n) is 9.80. The van der Waals surface area contributed by atoms with Gasteiger partial charge in [0.1, 0.15) is 11.9 Å². The lowest BCUT2D eigenvalue weighted by atomic mass is 9.64. The molecule has 2 aliphatic carbocycles.